The minimum absolute atomic E-state index is 0.363. The molecule has 0 bridgehead atoms. The monoisotopic (exact) mass is 514 g/mol. The van der Waals surface area contributed by atoms with Crippen LogP contribution in [0.2, 0.25) is 10.0 Å². The molecule has 0 fully saturated rings. The van der Waals surface area contributed by atoms with Crippen molar-refractivity contribution >= 4 is 35.0 Å². The van der Waals surface area contributed by atoms with Crippen LogP contribution in [-0.4, -0.2) is 25.5 Å². The minimum atomic E-state index is -0.865. The molecule has 0 aliphatic heterocycles. The number of unbranched alkanes of at least 4 members (excludes halogenated alkanes) is 2. The van der Waals surface area contributed by atoms with Gasteiger partial charge in [0, 0.05) is 21.2 Å². The van der Waals surface area contributed by atoms with Gasteiger partial charge in [-0.25, -0.2) is 0 Å². The second kappa shape index (κ2) is 13.0. The molecule has 3 aromatic carbocycles. The molecule has 0 spiro atoms. The highest BCUT2D eigenvalue weighted by molar-refractivity contribution is 6.31. The Labute approximate surface area is 215 Å². The first-order valence-corrected chi connectivity index (χ1v) is 12.1. The molecular weight excluding hydrogens is 487 g/mol. The number of carbonyl (C=O) groups excluding carboxylic acids is 2. The zero-order valence-corrected chi connectivity index (χ0v) is 21.2. The molecular formula is C27H28Cl2N2O4. The first kappa shape index (κ1) is 26.4. The molecule has 3 rings (SSSR count). The zero-order valence-electron chi connectivity index (χ0n) is 19.6. The van der Waals surface area contributed by atoms with Crippen molar-refractivity contribution in [2.24, 2.45) is 0 Å². The number of amides is 2. The number of hydrogen-bond donors (Lipinski definition) is 2. The largest absolute Gasteiger partial charge is 0.493 e. The lowest BCUT2D eigenvalue weighted by atomic mass is 10.1. The fourth-order valence-electron chi connectivity index (χ4n) is 3.41. The third-order valence-corrected chi connectivity index (χ3v) is 5.72. The SMILES string of the molecule is CCCCCOc1ccc(C(NC(=O)c2cccc(Cl)c2)NC(=O)c2cccc(Cl)c2)cc1OC. The Balaban J connectivity index is 1.87. The molecule has 184 valence electrons. The van der Waals surface area contributed by atoms with E-state index in [0.717, 1.165) is 19.3 Å². The van der Waals surface area contributed by atoms with E-state index in [4.69, 9.17) is 32.7 Å². The number of carbonyl (C=O) groups is 2. The Hall–Kier alpha value is -3.22. The van der Waals surface area contributed by atoms with Crippen molar-refractivity contribution in [1.82, 2.24) is 10.6 Å². The Morgan fingerprint density at radius 2 is 1.43 bits per heavy atom. The summed E-state index contributed by atoms with van der Waals surface area (Å²) in [4.78, 5) is 26.0. The van der Waals surface area contributed by atoms with Crippen LogP contribution in [0.15, 0.2) is 66.7 Å². The smallest absolute Gasteiger partial charge is 0.253 e. The molecule has 0 heterocycles. The summed E-state index contributed by atoms with van der Waals surface area (Å²) >= 11 is 12.1. The lowest BCUT2D eigenvalue weighted by Crippen LogP contribution is -2.41. The Morgan fingerprint density at radius 3 is 1.94 bits per heavy atom. The van der Waals surface area contributed by atoms with Crippen LogP contribution in [-0.2, 0) is 0 Å². The fraction of sp³-hybridized carbons (Fsp3) is 0.259. The number of ether oxygens (including phenoxy) is 2. The van der Waals surface area contributed by atoms with Gasteiger partial charge in [-0.1, -0.05) is 61.2 Å². The van der Waals surface area contributed by atoms with Gasteiger partial charge in [-0.15, -0.1) is 0 Å². The van der Waals surface area contributed by atoms with Crippen molar-refractivity contribution in [2.45, 2.75) is 32.4 Å². The van der Waals surface area contributed by atoms with E-state index in [1.807, 2.05) is 0 Å². The van der Waals surface area contributed by atoms with Gasteiger partial charge in [0.05, 0.1) is 13.7 Å². The Kier molecular flexibility index (Phi) is 9.82. The van der Waals surface area contributed by atoms with Gasteiger partial charge in [-0.05, 0) is 60.5 Å². The maximum absolute atomic E-state index is 13.0. The van der Waals surface area contributed by atoms with E-state index in [-0.39, 0.29) is 0 Å². The van der Waals surface area contributed by atoms with Crippen molar-refractivity contribution < 1.29 is 19.1 Å². The van der Waals surface area contributed by atoms with Crippen LogP contribution >= 0.6 is 23.2 Å². The minimum Gasteiger partial charge on any atom is -0.493 e. The first-order chi connectivity index (χ1) is 16.9. The maximum atomic E-state index is 13.0. The molecule has 3 aromatic rings. The molecule has 0 saturated heterocycles. The first-order valence-electron chi connectivity index (χ1n) is 11.3. The molecule has 0 aliphatic rings. The quantitative estimate of drug-likeness (QED) is 0.228. The lowest BCUT2D eigenvalue weighted by Gasteiger charge is -2.22. The normalized spacial score (nSPS) is 10.7. The number of rotatable bonds is 11. The zero-order chi connectivity index (χ0) is 25.2. The number of hydrogen-bond acceptors (Lipinski definition) is 4. The molecule has 2 amide bonds. The second-order valence-electron chi connectivity index (χ2n) is 7.87. The fourth-order valence-corrected chi connectivity index (χ4v) is 3.79. The molecule has 0 aliphatic carbocycles. The lowest BCUT2D eigenvalue weighted by molar-refractivity contribution is 0.0883. The number of benzene rings is 3. The summed E-state index contributed by atoms with van der Waals surface area (Å²) in [7, 11) is 1.54. The molecule has 0 radical (unpaired) electrons. The van der Waals surface area contributed by atoms with E-state index < -0.39 is 18.0 Å². The van der Waals surface area contributed by atoms with Crippen molar-refractivity contribution in [2.75, 3.05) is 13.7 Å². The van der Waals surface area contributed by atoms with E-state index in [9.17, 15) is 9.59 Å². The highest BCUT2D eigenvalue weighted by atomic mass is 35.5. The van der Waals surface area contributed by atoms with Crippen LogP contribution in [0, 0.1) is 0 Å². The van der Waals surface area contributed by atoms with Gasteiger partial charge >= 0.3 is 0 Å². The van der Waals surface area contributed by atoms with E-state index in [1.165, 1.54) is 0 Å². The standard InChI is InChI=1S/C27H28Cl2N2O4/c1-3-4-5-14-35-23-13-12-18(17-24(23)34-2)25(30-26(32)19-8-6-10-21(28)15-19)31-27(33)20-9-7-11-22(29)16-20/h6-13,15-17,25H,3-5,14H2,1-2H3,(H,30,32)(H,31,33). The van der Waals surface area contributed by atoms with Crippen LogP contribution in [0.3, 0.4) is 0 Å². The van der Waals surface area contributed by atoms with Gasteiger partial charge in [0.15, 0.2) is 11.5 Å². The maximum Gasteiger partial charge on any atom is 0.253 e. The Morgan fingerprint density at radius 1 is 0.829 bits per heavy atom. The number of halogens is 2. The molecule has 0 unspecified atom stereocenters. The van der Waals surface area contributed by atoms with E-state index in [0.29, 0.717) is 44.8 Å². The molecule has 35 heavy (non-hydrogen) atoms. The predicted molar refractivity (Wildman–Crippen MR) is 139 cm³/mol. The van der Waals surface area contributed by atoms with Gasteiger partial charge in [-0.2, -0.15) is 0 Å². The summed E-state index contributed by atoms with van der Waals surface area (Å²) in [6.07, 6.45) is 2.25. The van der Waals surface area contributed by atoms with Gasteiger partial charge in [0.2, 0.25) is 0 Å². The van der Waals surface area contributed by atoms with Crippen molar-refractivity contribution in [3.63, 3.8) is 0 Å². The van der Waals surface area contributed by atoms with E-state index >= 15 is 0 Å². The highest BCUT2D eigenvalue weighted by Crippen LogP contribution is 2.30. The molecule has 0 aromatic heterocycles. The summed E-state index contributed by atoms with van der Waals surface area (Å²) in [6, 6.07) is 18.4. The van der Waals surface area contributed by atoms with Crippen molar-refractivity contribution in [3.05, 3.63) is 93.5 Å². The third-order valence-electron chi connectivity index (χ3n) is 5.25. The van der Waals surface area contributed by atoms with E-state index in [2.05, 4.69) is 17.6 Å². The van der Waals surface area contributed by atoms with Crippen LogP contribution < -0.4 is 20.1 Å². The molecule has 2 N–H and O–H groups in total. The van der Waals surface area contributed by atoms with Gasteiger partial charge < -0.3 is 20.1 Å². The van der Waals surface area contributed by atoms with Gasteiger partial charge in [0.25, 0.3) is 11.8 Å². The molecule has 0 saturated carbocycles. The Bertz CT molecular complexity index is 1110. The average molecular weight is 515 g/mol. The highest BCUT2D eigenvalue weighted by Gasteiger charge is 2.21. The summed E-state index contributed by atoms with van der Waals surface area (Å²) in [5.41, 5.74) is 1.33. The van der Waals surface area contributed by atoms with Crippen LogP contribution in [0.1, 0.15) is 58.6 Å². The number of nitrogens with one attached hydrogen (secondary N) is 2. The molecule has 6 nitrogen and oxygen atoms in total. The second-order valence-corrected chi connectivity index (χ2v) is 8.74. The third kappa shape index (κ3) is 7.64. The molecule has 8 heteroatoms. The van der Waals surface area contributed by atoms with Gasteiger partial charge in [0.1, 0.15) is 6.17 Å². The summed E-state index contributed by atoms with van der Waals surface area (Å²) in [6.45, 7) is 2.70. The van der Waals surface area contributed by atoms with Gasteiger partial charge in [-0.3, -0.25) is 9.59 Å². The van der Waals surface area contributed by atoms with Crippen molar-refractivity contribution in [1.29, 1.82) is 0 Å². The summed E-state index contributed by atoms with van der Waals surface area (Å²) < 4.78 is 11.4. The number of methoxy groups -OCH3 is 1. The average Bonchev–Trinajstić information content (AvgIpc) is 2.86. The molecule has 0 atom stereocenters. The van der Waals surface area contributed by atoms with Crippen LogP contribution in [0.5, 0.6) is 11.5 Å². The summed E-state index contributed by atoms with van der Waals surface area (Å²) in [5.74, 6) is 0.289. The van der Waals surface area contributed by atoms with Crippen LogP contribution in [0.25, 0.3) is 0 Å². The summed E-state index contributed by atoms with van der Waals surface area (Å²) in [5, 5.41) is 6.60. The predicted octanol–water partition coefficient (Wildman–Crippen LogP) is 6.43. The van der Waals surface area contributed by atoms with Crippen LogP contribution in [0.4, 0.5) is 0 Å². The van der Waals surface area contributed by atoms with Crippen molar-refractivity contribution in [3.8, 4) is 11.5 Å². The van der Waals surface area contributed by atoms with E-state index in [1.54, 1.807) is 73.8 Å². The topological polar surface area (TPSA) is 76.7 Å².